The molecule has 0 aromatic rings. The van der Waals surface area contributed by atoms with Gasteiger partial charge in [-0.25, -0.2) is 14.0 Å². The Labute approximate surface area is 129 Å². The van der Waals surface area contributed by atoms with Gasteiger partial charge in [-0.3, -0.25) is 4.79 Å². The molecule has 1 rings (SSSR count). The molecule has 0 aliphatic carbocycles. The Bertz CT molecular complexity index is 417. The Morgan fingerprint density at radius 3 is 2.59 bits per heavy atom. The molecule has 0 bridgehead atoms. The normalized spacial score (nSPS) is 19.6. The van der Waals surface area contributed by atoms with E-state index in [0.29, 0.717) is 31.8 Å². The average molecular weight is 317 g/mol. The number of carbonyl (C=O) groups excluding carboxylic acids is 2. The highest BCUT2D eigenvalue weighted by Gasteiger charge is 2.30. The second kappa shape index (κ2) is 8.55. The summed E-state index contributed by atoms with van der Waals surface area (Å²) >= 11 is 0. The maximum absolute atomic E-state index is 12.5. The van der Waals surface area contributed by atoms with Crippen molar-refractivity contribution < 1.29 is 23.9 Å². The lowest BCUT2D eigenvalue weighted by Gasteiger charge is -2.32. The summed E-state index contributed by atoms with van der Waals surface area (Å²) in [4.78, 5) is 36.3. The summed E-state index contributed by atoms with van der Waals surface area (Å²) in [6.07, 6.45) is 1.21. The maximum atomic E-state index is 12.5. The number of rotatable bonds is 6. The van der Waals surface area contributed by atoms with Gasteiger partial charge >= 0.3 is 12.0 Å². The number of nitrogens with one attached hydrogen (secondary N) is 2. The summed E-state index contributed by atoms with van der Waals surface area (Å²) in [6, 6.07) is -1.76. The van der Waals surface area contributed by atoms with Gasteiger partial charge in [0.15, 0.2) is 6.04 Å². The van der Waals surface area contributed by atoms with Crippen LogP contribution in [-0.4, -0.2) is 60.3 Å². The van der Waals surface area contributed by atoms with E-state index in [2.05, 4.69) is 10.6 Å². The fraction of sp³-hybridized carbons (Fsp3) is 0.786. The van der Waals surface area contributed by atoms with E-state index in [1.807, 2.05) is 13.8 Å². The van der Waals surface area contributed by atoms with Crippen LogP contribution in [0.25, 0.3) is 0 Å². The van der Waals surface area contributed by atoms with E-state index in [0.717, 1.165) is 0 Å². The van der Waals surface area contributed by atoms with Gasteiger partial charge in [-0.2, -0.15) is 0 Å². The third-order valence-corrected chi connectivity index (χ3v) is 3.51. The van der Waals surface area contributed by atoms with Crippen LogP contribution in [0, 0.1) is 11.8 Å². The zero-order valence-electron chi connectivity index (χ0n) is 13.0. The van der Waals surface area contributed by atoms with Crippen LogP contribution in [0.15, 0.2) is 0 Å². The Morgan fingerprint density at radius 2 is 2.05 bits per heavy atom. The summed E-state index contributed by atoms with van der Waals surface area (Å²) in [5.74, 6) is -2.11. The lowest BCUT2D eigenvalue weighted by molar-refractivity contribution is -0.143. The van der Waals surface area contributed by atoms with Gasteiger partial charge in [-0.1, -0.05) is 13.8 Å². The van der Waals surface area contributed by atoms with E-state index in [1.165, 1.54) is 0 Å². The molecule has 2 atom stereocenters. The number of hydrogen-bond acceptors (Lipinski definition) is 3. The number of amides is 3. The van der Waals surface area contributed by atoms with Crippen molar-refractivity contribution in [2.24, 2.45) is 11.8 Å². The average Bonchev–Trinajstić information content (AvgIpc) is 2.49. The topological polar surface area (TPSA) is 98.7 Å². The Kier molecular flexibility index (Phi) is 7.07. The highest BCUT2D eigenvalue weighted by molar-refractivity contribution is 5.85. The Balaban J connectivity index is 2.53. The predicted octanol–water partition coefficient (Wildman–Crippen LogP) is 0.603. The number of carboxylic acid groups (broad SMARTS) is 1. The molecule has 8 heteroatoms. The molecule has 1 saturated heterocycles. The van der Waals surface area contributed by atoms with Gasteiger partial charge < -0.3 is 20.6 Å². The van der Waals surface area contributed by atoms with Gasteiger partial charge in [0.05, 0.1) is 5.92 Å². The highest BCUT2D eigenvalue weighted by atomic mass is 19.1. The van der Waals surface area contributed by atoms with Crippen LogP contribution in [0.2, 0.25) is 0 Å². The predicted molar refractivity (Wildman–Crippen MR) is 78.1 cm³/mol. The van der Waals surface area contributed by atoms with Crippen molar-refractivity contribution in [2.75, 3.05) is 26.3 Å². The summed E-state index contributed by atoms with van der Waals surface area (Å²) in [5, 5.41) is 13.7. The Morgan fingerprint density at radius 1 is 1.36 bits per heavy atom. The molecule has 1 aliphatic rings. The molecule has 22 heavy (non-hydrogen) atoms. The van der Waals surface area contributed by atoms with Crippen LogP contribution in [-0.2, 0) is 9.59 Å². The van der Waals surface area contributed by atoms with Gasteiger partial charge in [0.2, 0.25) is 5.91 Å². The van der Waals surface area contributed by atoms with Gasteiger partial charge in [-0.05, 0) is 18.8 Å². The first-order valence-electron chi connectivity index (χ1n) is 7.47. The van der Waals surface area contributed by atoms with E-state index in [1.54, 1.807) is 4.90 Å². The van der Waals surface area contributed by atoms with Crippen molar-refractivity contribution in [3.63, 3.8) is 0 Å². The van der Waals surface area contributed by atoms with E-state index < -0.39 is 30.5 Å². The zero-order valence-corrected chi connectivity index (χ0v) is 13.0. The van der Waals surface area contributed by atoms with Gasteiger partial charge in [-0.15, -0.1) is 0 Å². The molecule has 1 heterocycles. The van der Waals surface area contributed by atoms with E-state index in [9.17, 15) is 18.8 Å². The molecule has 126 valence electrons. The van der Waals surface area contributed by atoms with E-state index >= 15 is 0 Å². The highest BCUT2D eigenvalue weighted by Crippen LogP contribution is 2.17. The molecular weight excluding hydrogens is 293 g/mol. The van der Waals surface area contributed by atoms with Crippen LogP contribution in [0.1, 0.15) is 26.7 Å². The molecule has 0 radical (unpaired) electrons. The lowest BCUT2D eigenvalue weighted by Crippen LogP contribution is -2.52. The summed E-state index contributed by atoms with van der Waals surface area (Å²) < 4.78 is 12.5. The Hall–Kier alpha value is -1.86. The minimum Gasteiger partial charge on any atom is -0.480 e. The monoisotopic (exact) mass is 317 g/mol. The van der Waals surface area contributed by atoms with Crippen LogP contribution in [0.3, 0.4) is 0 Å². The smallest absolute Gasteiger partial charge is 0.328 e. The largest absolute Gasteiger partial charge is 0.480 e. The zero-order chi connectivity index (χ0) is 16.7. The second-order valence-electron chi connectivity index (χ2n) is 5.92. The van der Waals surface area contributed by atoms with Crippen LogP contribution >= 0.6 is 0 Å². The fourth-order valence-electron chi connectivity index (χ4n) is 2.23. The van der Waals surface area contributed by atoms with Crippen molar-refractivity contribution in [3.8, 4) is 0 Å². The minimum absolute atomic E-state index is 0.217. The molecule has 0 aromatic carbocycles. The summed E-state index contributed by atoms with van der Waals surface area (Å²) in [6.45, 7) is 4.13. The summed E-state index contributed by atoms with van der Waals surface area (Å²) in [7, 11) is 0. The second-order valence-corrected chi connectivity index (χ2v) is 5.92. The van der Waals surface area contributed by atoms with Gasteiger partial charge in [0.1, 0.15) is 6.67 Å². The molecular formula is C14H24FN3O4. The number of halogens is 1. The molecule has 1 fully saturated rings. The van der Waals surface area contributed by atoms with E-state index in [4.69, 9.17) is 5.11 Å². The molecule has 3 amide bonds. The third kappa shape index (κ3) is 5.50. The van der Waals surface area contributed by atoms with Crippen molar-refractivity contribution in [3.05, 3.63) is 0 Å². The number of urea groups is 1. The fourth-order valence-corrected chi connectivity index (χ4v) is 2.23. The molecule has 0 saturated carbocycles. The van der Waals surface area contributed by atoms with Gasteiger partial charge in [0, 0.05) is 19.6 Å². The molecule has 1 aliphatic heterocycles. The first-order chi connectivity index (χ1) is 10.3. The summed E-state index contributed by atoms with van der Waals surface area (Å²) in [5.41, 5.74) is 0. The number of alkyl halides is 1. The first-order valence-corrected chi connectivity index (χ1v) is 7.47. The molecule has 0 aromatic heterocycles. The third-order valence-electron chi connectivity index (χ3n) is 3.51. The molecule has 2 unspecified atom stereocenters. The SMILES string of the molecule is CC(C)CNC(=O)N1CCCC(C(=O)NC(CF)C(=O)O)C1. The maximum Gasteiger partial charge on any atom is 0.328 e. The van der Waals surface area contributed by atoms with Crippen molar-refractivity contribution in [1.82, 2.24) is 15.5 Å². The number of piperidine rings is 1. The van der Waals surface area contributed by atoms with Crippen molar-refractivity contribution >= 4 is 17.9 Å². The number of carboxylic acids is 1. The molecule has 0 spiro atoms. The molecule has 7 nitrogen and oxygen atoms in total. The number of aliphatic carboxylic acids is 1. The van der Waals surface area contributed by atoms with Crippen molar-refractivity contribution in [1.29, 1.82) is 0 Å². The lowest BCUT2D eigenvalue weighted by atomic mass is 9.97. The van der Waals surface area contributed by atoms with Crippen LogP contribution < -0.4 is 10.6 Å². The number of carbonyl (C=O) groups is 3. The van der Waals surface area contributed by atoms with E-state index in [-0.39, 0.29) is 12.6 Å². The quantitative estimate of drug-likeness (QED) is 0.668. The van der Waals surface area contributed by atoms with Crippen LogP contribution in [0.4, 0.5) is 9.18 Å². The first kappa shape index (κ1) is 18.2. The molecule has 3 N–H and O–H groups in total. The van der Waals surface area contributed by atoms with Crippen molar-refractivity contribution in [2.45, 2.75) is 32.7 Å². The number of nitrogens with zero attached hydrogens (tertiary/aromatic N) is 1. The standard InChI is InChI=1S/C14H24FN3O4/c1-9(2)7-16-14(22)18-5-3-4-10(8-18)12(19)17-11(6-15)13(20)21/h9-11H,3-8H2,1-2H3,(H,16,22)(H,17,19)(H,20,21). The number of hydrogen-bond donors (Lipinski definition) is 3. The number of likely N-dealkylation sites (tertiary alicyclic amines) is 1. The minimum atomic E-state index is -1.53. The van der Waals surface area contributed by atoms with Crippen LogP contribution in [0.5, 0.6) is 0 Å². The van der Waals surface area contributed by atoms with Gasteiger partial charge in [0.25, 0.3) is 0 Å².